The number of aryl methyl sites for hydroxylation is 1. The minimum atomic E-state index is -0.547. The van der Waals surface area contributed by atoms with Crippen molar-refractivity contribution in [3.63, 3.8) is 0 Å². The Morgan fingerprint density at radius 1 is 1.27 bits per heavy atom. The molecule has 4 N–H and O–H groups in total. The number of amidine groups is 1. The maximum atomic E-state index is 12.2. The van der Waals surface area contributed by atoms with Gasteiger partial charge in [0.1, 0.15) is 11.6 Å². The Kier molecular flexibility index (Phi) is 3.58. The summed E-state index contributed by atoms with van der Waals surface area (Å²) in [4.78, 5) is 16.6. The lowest BCUT2D eigenvalue weighted by Crippen LogP contribution is -2.26. The molecule has 5 nitrogen and oxygen atoms in total. The molecular formula is C21H23N3O2. The maximum absolute atomic E-state index is 12.2. The highest BCUT2D eigenvalue weighted by Crippen LogP contribution is 2.42. The summed E-state index contributed by atoms with van der Waals surface area (Å²) in [7, 11) is 0. The minimum Gasteiger partial charge on any atom is -0.507 e. The molecule has 5 heteroatoms. The Morgan fingerprint density at radius 3 is 2.69 bits per heavy atom. The number of phenols is 1. The van der Waals surface area contributed by atoms with Crippen molar-refractivity contribution in [2.45, 2.75) is 45.1 Å². The molecule has 26 heavy (non-hydrogen) atoms. The number of carbonyl (C=O) groups excluding carboxylic acids is 1. The lowest BCUT2D eigenvalue weighted by atomic mass is 9.85. The van der Waals surface area contributed by atoms with Crippen LogP contribution in [0, 0.1) is 6.92 Å². The highest BCUT2D eigenvalue weighted by Gasteiger charge is 2.38. The van der Waals surface area contributed by atoms with Gasteiger partial charge in [-0.2, -0.15) is 0 Å². The average molecular weight is 349 g/mol. The van der Waals surface area contributed by atoms with Gasteiger partial charge < -0.3 is 16.2 Å². The SMILES string of the molecule is Cc1ccc(C(N)=NC2CC2)c(O)c1-c1ccc2c(c1)NC(=O)C2(C)C. The van der Waals surface area contributed by atoms with E-state index >= 15 is 0 Å². The number of anilines is 1. The van der Waals surface area contributed by atoms with Crippen molar-refractivity contribution in [3.05, 3.63) is 47.0 Å². The zero-order valence-corrected chi connectivity index (χ0v) is 15.3. The zero-order chi connectivity index (χ0) is 18.6. The third-order valence-electron chi connectivity index (χ3n) is 5.33. The molecule has 0 spiro atoms. The van der Waals surface area contributed by atoms with Crippen LogP contribution < -0.4 is 11.1 Å². The second-order valence-electron chi connectivity index (χ2n) is 7.74. The van der Waals surface area contributed by atoms with Crippen LogP contribution in [-0.2, 0) is 10.2 Å². The van der Waals surface area contributed by atoms with Crippen LogP contribution in [0.2, 0.25) is 0 Å². The second kappa shape index (κ2) is 5.59. The summed E-state index contributed by atoms with van der Waals surface area (Å²) < 4.78 is 0. The Labute approximate surface area is 153 Å². The molecular weight excluding hydrogens is 326 g/mol. The molecule has 1 amide bonds. The summed E-state index contributed by atoms with van der Waals surface area (Å²) in [5.41, 5.74) is 10.4. The number of aromatic hydroxyl groups is 1. The first kappa shape index (κ1) is 16.6. The first-order chi connectivity index (χ1) is 12.3. The Bertz CT molecular complexity index is 956. The number of hydrogen-bond donors (Lipinski definition) is 3. The lowest BCUT2D eigenvalue weighted by molar-refractivity contribution is -0.119. The fourth-order valence-corrected chi connectivity index (χ4v) is 3.48. The summed E-state index contributed by atoms with van der Waals surface area (Å²) in [5, 5.41) is 13.8. The van der Waals surface area contributed by atoms with Gasteiger partial charge in [0.25, 0.3) is 0 Å². The topological polar surface area (TPSA) is 87.7 Å². The molecule has 0 radical (unpaired) electrons. The van der Waals surface area contributed by atoms with Gasteiger partial charge in [0.05, 0.1) is 17.0 Å². The van der Waals surface area contributed by atoms with Crippen LogP contribution in [0.5, 0.6) is 5.75 Å². The van der Waals surface area contributed by atoms with Crippen molar-refractivity contribution >= 4 is 17.4 Å². The molecule has 1 heterocycles. The summed E-state index contributed by atoms with van der Waals surface area (Å²) in [5.74, 6) is 0.498. The van der Waals surface area contributed by atoms with E-state index in [1.54, 1.807) is 0 Å². The first-order valence-corrected chi connectivity index (χ1v) is 8.91. The summed E-state index contributed by atoms with van der Waals surface area (Å²) >= 11 is 0. The molecule has 2 aliphatic rings. The van der Waals surface area contributed by atoms with E-state index < -0.39 is 5.41 Å². The number of benzene rings is 2. The molecule has 1 aliphatic carbocycles. The van der Waals surface area contributed by atoms with Gasteiger partial charge >= 0.3 is 0 Å². The Hall–Kier alpha value is -2.82. The van der Waals surface area contributed by atoms with Crippen molar-refractivity contribution in [3.8, 4) is 16.9 Å². The van der Waals surface area contributed by atoms with E-state index in [2.05, 4.69) is 10.3 Å². The number of nitrogens with one attached hydrogen (secondary N) is 1. The molecule has 0 aromatic heterocycles. The zero-order valence-electron chi connectivity index (χ0n) is 15.3. The standard InChI is InChI=1S/C21H23N3O2/c1-11-4-8-14(19(22)23-13-6-7-13)18(25)17(11)12-5-9-15-16(10-12)24-20(26)21(15,2)3/h4-5,8-10,13,25H,6-7H2,1-3H3,(H2,22,23)(H,24,26). The van der Waals surface area contributed by atoms with Crippen LogP contribution >= 0.6 is 0 Å². The van der Waals surface area contributed by atoms with Gasteiger partial charge in [-0.15, -0.1) is 0 Å². The number of rotatable bonds is 3. The van der Waals surface area contributed by atoms with Gasteiger partial charge in [-0.25, -0.2) is 0 Å². The third kappa shape index (κ3) is 2.55. The van der Waals surface area contributed by atoms with Crippen molar-refractivity contribution in [2.75, 3.05) is 5.32 Å². The molecule has 0 bridgehead atoms. The number of hydrogen-bond acceptors (Lipinski definition) is 3. The van der Waals surface area contributed by atoms with E-state index in [9.17, 15) is 9.90 Å². The first-order valence-electron chi connectivity index (χ1n) is 8.91. The predicted molar refractivity (Wildman–Crippen MR) is 104 cm³/mol. The highest BCUT2D eigenvalue weighted by atomic mass is 16.3. The van der Waals surface area contributed by atoms with Gasteiger partial charge in [-0.3, -0.25) is 9.79 Å². The molecule has 0 atom stereocenters. The van der Waals surface area contributed by atoms with Gasteiger partial charge in [0, 0.05) is 11.3 Å². The highest BCUT2D eigenvalue weighted by molar-refractivity contribution is 6.07. The Morgan fingerprint density at radius 2 is 2.00 bits per heavy atom. The van der Waals surface area contributed by atoms with E-state index in [1.165, 1.54) is 0 Å². The minimum absolute atomic E-state index is 0.0137. The number of amides is 1. The van der Waals surface area contributed by atoms with Crippen LogP contribution in [0.4, 0.5) is 5.69 Å². The molecule has 1 saturated carbocycles. The molecule has 0 unspecified atom stereocenters. The van der Waals surface area contributed by atoms with Crippen molar-refractivity contribution < 1.29 is 9.90 Å². The lowest BCUT2D eigenvalue weighted by Gasteiger charge is -2.16. The van der Waals surface area contributed by atoms with Crippen LogP contribution in [0.1, 0.15) is 43.4 Å². The molecule has 4 rings (SSSR count). The summed E-state index contributed by atoms with van der Waals surface area (Å²) in [6, 6.07) is 9.86. The number of nitrogens with zero attached hydrogens (tertiary/aromatic N) is 1. The smallest absolute Gasteiger partial charge is 0.234 e. The molecule has 1 aliphatic heterocycles. The number of aliphatic imine (C=N–C) groups is 1. The monoisotopic (exact) mass is 349 g/mol. The number of fused-ring (bicyclic) bond motifs is 1. The van der Waals surface area contributed by atoms with E-state index in [0.29, 0.717) is 11.4 Å². The van der Waals surface area contributed by atoms with E-state index in [-0.39, 0.29) is 17.7 Å². The summed E-state index contributed by atoms with van der Waals surface area (Å²) in [6.45, 7) is 5.77. The van der Waals surface area contributed by atoms with Gasteiger partial charge in [0.15, 0.2) is 0 Å². The number of phenolic OH excluding ortho intramolecular Hbond substituents is 1. The van der Waals surface area contributed by atoms with Gasteiger partial charge in [-0.05, 0) is 62.4 Å². The Balaban J connectivity index is 1.82. The van der Waals surface area contributed by atoms with Gasteiger partial charge in [-0.1, -0.05) is 18.2 Å². The molecule has 134 valence electrons. The summed E-state index contributed by atoms with van der Waals surface area (Å²) in [6.07, 6.45) is 2.11. The quantitative estimate of drug-likeness (QED) is 0.586. The fourth-order valence-electron chi connectivity index (χ4n) is 3.48. The van der Waals surface area contributed by atoms with Crippen LogP contribution in [-0.4, -0.2) is 22.9 Å². The maximum Gasteiger partial charge on any atom is 0.234 e. The largest absolute Gasteiger partial charge is 0.507 e. The molecule has 1 fully saturated rings. The van der Waals surface area contributed by atoms with Gasteiger partial charge in [0.2, 0.25) is 5.91 Å². The second-order valence-corrected chi connectivity index (χ2v) is 7.74. The number of nitrogens with two attached hydrogens (primary N) is 1. The fraction of sp³-hybridized carbons (Fsp3) is 0.333. The van der Waals surface area contributed by atoms with E-state index in [1.807, 2.05) is 51.1 Å². The predicted octanol–water partition coefficient (Wildman–Crippen LogP) is 3.47. The van der Waals surface area contributed by atoms with Crippen LogP contribution in [0.25, 0.3) is 11.1 Å². The normalized spacial score (nSPS) is 18.6. The average Bonchev–Trinajstić information content (AvgIpc) is 3.34. The number of carbonyl (C=O) groups is 1. The van der Waals surface area contributed by atoms with E-state index in [4.69, 9.17) is 5.73 Å². The van der Waals surface area contributed by atoms with E-state index in [0.717, 1.165) is 40.8 Å². The third-order valence-corrected chi connectivity index (χ3v) is 5.33. The van der Waals surface area contributed by atoms with Crippen molar-refractivity contribution in [1.82, 2.24) is 0 Å². The molecule has 0 saturated heterocycles. The van der Waals surface area contributed by atoms with Crippen LogP contribution in [0.15, 0.2) is 35.3 Å². The van der Waals surface area contributed by atoms with Crippen LogP contribution in [0.3, 0.4) is 0 Å². The van der Waals surface area contributed by atoms with Crippen molar-refractivity contribution in [1.29, 1.82) is 0 Å². The molecule has 2 aromatic carbocycles. The van der Waals surface area contributed by atoms with Crippen molar-refractivity contribution in [2.24, 2.45) is 10.7 Å². The molecule has 2 aromatic rings.